The summed E-state index contributed by atoms with van der Waals surface area (Å²) in [6.45, 7) is 3.05. The van der Waals surface area contributed by atoms with Gasteiger partial charge in [-0.25, -0.2) is 0 Å². The summed E-state index contributed by atoms with van der Waals surface area (Å²) in [4.78, 5) is 14.1. The molecule has 0 spiro atoms. The van der Waals surface area contributed by atoms with Gasteiger partial charge in [0, 0.05) is 16.7 Å². The molecule has 0 radical (unpaired) electrons. The molecule has 4 heteroatoms. The van der Waals surface area contributed by atoms with Crippen molar-refractivity contribution in [2.45, 2.75) is 19.3 Å². The van der Waals surface area contributed by atoms with E-state index < -0.39 is 0 Å². The summed E-state index contributed by atoms with van der Waals surface area (Å²) in [5.41, 5.74) is 2.27. The van der Waals surface area contributed by atoms with Crippen LogP contribution in [-0.2, 0) is 11.2 Å². The third-order valence-corrected chi connectivity index (χ3v) is 4.37. The first kappa shape index (κ1) is 12.2. The van der Waals surface area contributed by atoms with E-state index in [-0.39, 0.29) is 5.91 Å². The summed E-state index contributed by atoms with van der Waals surface area (Å²) >= 11 is 3.47. The SMILES string of the molecule is O=C1Cc2cc(Br)ccc2N1CC1CCNCC1. The van der Waals surface area contributed by atoms with Gasteiger partial charge in [-0.2, -0.15) is 0 Å². The van der Waals surface area contributed by atoms with E-state index >= 15 is 0 Å². The van der Waals surface area contributed by atoms with Crippen molar-refractivity contribution in [3.8, 4) is 0 Å². The number of halogens is 1. The fourth-order valence-electron chi connectivity index (χ4n) is 2.87. The number of carbonyl (C=O) groups excluding carboxylic acids is 1. The molecule has 3 rings (SSSR count). The molecule has 0 atom stereocenters. The van der Waals surface area contributed by atoms with Gasteiger partial charge in [0.25, 0.3) is 0 Å². The van der Waals surface area contributed by atoms with Gasteiger partial charge in [0.2, 0.25) is 5.91 Å². The van der Waals surface area contributed by atoms with Crippen LogP contribution in [-0.4, -0.2) is 25.5 Å². The highest BCUT2D eigenvalue weighted by atomic mass is 79.9. The van der Waals surface area contributed by atoms with Crippen molar-refractivity contribution in [2.75, 3.05) is 24.5 Å². The van der Waals surface area contributed by atoms with Crippen molar-refractivity contribution in [2.24, 2.45) is 5.92 Å². The molecule has 1 N–H and O–H groups in total. The van der Waals surface area contributed by atoms with E-state index in [4.69, 9.17) is 0 Å². The van der Waals surface area contributed by atoms with Crippen molar-refractivity contribution < 1.29 is 4.79 Å². The molecule has 1 fully saturated rings. The van der Waals surface area contributed by atoms with Crippen molar-refractivity contribution in [3.05, 3.63) is 28.2 Å². The van der Waals surface area contributed by atoms with Gasteiger partial charge in [0.1, 0.15) is 0 Å². The van der Waals surface area contributed by atoms with E-state index in [1.54, 1.807) is 0 Å². The molecular weight excluding hydrogens is 292 g/mol. The number of nitrogens with one attached hydrogen (secondary N) is 1. The number of anilines is 1. The van der Waals surface area contributed by atoms with Crippen LogP contribution in [0.4, 0.5) is 5.69 Å². The molecule has 1 amide bonds. The van der Waals surface area contributed by atoms with Crippen molar-refractivity contribution in [1.29, 1.82) is 0 Å². The Morgan fingerprint density at radius 1 is 1.33 bits per heavy atom. The first-order valence-electron chi connectivity index (χ1n) is 6.53. The first-order chi connectivity index (χ1) is 8.74. The van der Waals surface area contributed by atoms with Crippen LogP contribution in [0.25, 0.3) is 0 Å². The molecule has 0 unspecified atom stereocenters. The second-order valence-electron chi connectivity index (χ2n) is 5.15. The summed E-state index contributed by atoms with van der Waals surface area (Å²) in [6, 6.07) is 6.15. The predicted molar refractivity (Wildman–Crippen MR) is 75.8 cm³/mol. The Bertz CT molecular complexity index is 469. The summed E-state index contributed by atoms with van der Waals surface area (Å²) in [5, 5.41) is 3.37. The molecule has 0 saturated carbocycles. The summed E-state index contributed by atoms with van der Waals surface area (Å²) in [7, 11) is 0. The molecule has 1 aromatic rings. The quantitative estimate of drug-likeness (QED) is 0.909. The number of rotatable bonds is 2. The van der Waals surface area contributed by atoms with Gasteiger partial charge in [-0.15, -0.1) is 0 Å². The third-order valence-electron chi connectivity index (χ3n) is 3.87. The third kappa shape index (κ3) is 2.31. The van der Waals surface area contributed by atoms with Gasteiger partial charge in [-0.05, 0) is 55.6 Å². The number of hydrogen-bond donors (Lipinski definition) is 1. The molecule has 1 saturated heterocycles. The van der Waals surface area contributed by atoms with Crippen molar-refractivity contribution >= 4 is 27.5 Å². The van der Waals surface area contributed by atoms with Crippen LogP contribution in [0, 0.1) is 5.92 Å². The lowest BCUT2D eigenvalue weighted by Gasteiger charge is -2.27. The Balaban J connectivity index is 1.78. The maximum absolute atomic E-state index is 12.1. The molecule has 0 bridgehead atoms. The van der Waals surface area contributed by atoms with Gasteiger partial charge in [-0.1, -0.05) is 15.9 Å². The lowest BCUT2D eigenvalue weighted by atomic mass is 9.97. The Morgan fingerprint density at radius 2 is 2.11 bits per heavy atom. The number of fused-ring (bicyclic) bond motifs is 1. The zero-order chi connectivity index (χ0) is 12.5. The maximum Gasteiger partial charge on any atom is 0.231 e. The lowest BCUT2D eigenvalue weighted by molar-refractivity contribution is -0.117. The van der Waals surface area contributed by atoms with E-state index in [1.165, 1.54) is 12.8 Å². The minimum atomic E-state index is 0.252. The number of amides is 1. The molecule has 18 heavy (non-hydrogen) atoms. The average molecular weight is 309 g/mol. The van der Waals surface area contributed by atoms with Crippen LogP contribution in [0.2, 0.25) is 0 Å². The number of benzene rings is 1. The van der Waals surface area contributed by atoms with Crippen LogP contribution in [0.5, 0.6) is 0 Å². The molecule has 3 nitrogen and oxygen atoms in total. The summed E-state index contributed by atoms with van der Waals surface area (Å²) < 4.78 is 1.05. The van der Waals surface area contributed by atoms with Crippen LogP contribution in [0.15, 0.2) is 22.7 Å². The Labute approximate surface area is 116 Å². The molecule has 2 heterocycles. The topological polar surface area (TPSA) is 32.3 Å². The summed E-state index contributed by atoms with van der Waals surface area (Å²) in [5.74, 6) is 0.895. The number of nitrogens with zero attached hydrogens (tertiary/aromatic N) is 1. The molecule has 2 aliphatic rings. The van der Waals surface area contributed by atoms with Crippen molar-refractivity contribution in [1.82, 2.24) is 5.32 Å². The largest absolute Gasteiger partial charge is 0.317 e. The second-order valence-corrected chi connectivity index (χ2v) is 6.06. The maximum atomic E-state index is 12.1. The molecule has 0 aliphatic carbocycles. The van der Waals surface area contributed by atoms with E-state index in [0.717, 1.165) is 35.4 Å². The van der Waals surface area contributed by atoms with Gasteiger partial charge in [0.05, 0.1) is 6.42 Å². The van der Waals surface area contributed by atoms with Crippen LogP contribution in [0.3, 0.4) is 0 Å². The van der Waals surface area contributed by atoms with E-state index in [1.807, 2.05) is 11.0 Å². The van der Waals surface area contributed by atoms with Gasteiger partial charge >= 0.3 is 0 Å². The number of piperidine rings is 1. The zero-order valence-corrected chi connectivity index (χ0v) is 11.9. The van der Waals surface area contributed by atoms with Gasteiger partial charge in [0.15, 0.2) is 0 Å². The normalized spacial score (nSPS) is 20.3. The number of carbonyl (C=O) groups is 1. The fraction of sp³-hybridized carbons (Fsp3) is 0.500. The van der Waals surface area contributed by atoms with Crippen LogP contribution >= 0.6 is 15.9 Å². The second kappa shape index (κ2) is 5.02. The van der Waals surface area contributed by atoms with Gasteiger partial charge < -0.3 is 10.2 Å². The Hall–Kier alpha value is -0.870. The van der Waals surface area contributed by atoms with Gasteiger partial charge in [-0.3, -0.25) is 4.79 Å². The van der Waals surface area contributed by atoms with Crippen LogP contribution in [0.1, 0.15) is 18.4 Å². The standard InChI is InChI=1S/C14H17BrN2O/c15-12-1-2-13-11(7-12)8-14(18)17(13)9-10-3-5-16-6-4-10/h1-2,7,10,16H,3-6,8-9H2. The van der Waals surface area contributed by atoms with Crippen molar-refractivity contribution in [3.63, 3.8) is 0 Å². The van der Waals surface area contributed by atoms with Crippen LogP contribution < -0.4 is 10.2 Å². The monoisotopic (exact) mass is 308 g/mol. The smallest absolute Gasteiger partial charge is 0.231 e. The molecule has 1 aromatic carbocycles. The Kier molecular flexibility index (Phi) is 3.39. The van der Waals surface area contributed by atoms with E-state index in [0.29, 0.717) is 12.3 Å². The van der Waals surface area contributed by atoms with E-state index in [2.05, 4.69) is 33.4 Å². The van der Waals surface area contributed by atoms with E-state index in [9.17, 15) is 4.79 Å². The lowest BCUT2D eigenvalue weighted by Crippen LogP contribution is -2.37. The zero-order valence-electron chi connectivity index (χ0n) is 10.3. The highest BCUT2D eigenvalue weighted by Crippen LogP contribution is 2.32. The highest BCUT2D eigenvalue weighted by Gasteiger charge is 2.29. The summed E-state index contributed by atoms with van der Waals surface area (Å²) in [6.07, 6.45) is 2.91. The molecule has 2 aliphatic heterocycles. The average Bonchev–Trinajstić information content (AvgIpc) is 2.66. The molecular formula is C14H17BrN2O. The molecule has 0 aromatic heterocycles. The predicted octanol–water partition coefficient (Wildman–Crippen LogP) is 2.34. The minimum absolute atomic E-state index is 0.252. The Morgan fingerprint density at radius 3 is 2.89 bits per heavy atom. The fourth-order valence-corrected chi connectivity index (χ4v) is 3.28. The number of hydrogen-bond acceptors (Lipinski definition) is 2. The minimum Gasteiger partial charge on any atom is -0.317 e. The highest BCUT2D eigenvalue weighted by molar-refractivity contribution is 9.10. The first-order valence-corrected chi connectivity index (χ1v) is 7.33. The molecule has 96 valence electrons.